The molecule has 100 valence electrons. The Morgan fingerprint density at radius 3 is 3.00 bits per heavy atom. The van der Waals surface area contributed by atoms with E-state index in [9.17, 15) is 0 Å². The third-order valence-corrected chi connectivity index (χ3v) is 5.10. The van der Waals surface area contributed by atoms with E-state index < -0.39 is 0 Å². The van der Waals surface area contributed by atoms with Gasteiger partial charge in [-0.2, -0.15) is 0 Å². The SMILES string of the molecule is NNc1snnc1CN1CCC[C@H]2CCCC[C@H]21. The van der Waals surface area contributed by atoms with E-state index in [4.69, 9.17) is 5.84 Å². The number of aromatic nitrogens is 2. The van der Waals surface area contributed by atoms with Crippen molar-refractivity contribution in [3.8, 4) is 0 Å². The molecule has 2 aliphatic rings. The van der Waals surface area contributed by atoms with E-state index in [-0.39, 0.29) is 0 Å². The van der Waals surface area contributed by atoms with Gasteiger partial charge in [-0.05, 0) is 38.1 Å². The zero-order chi connectivity index (χ0) is 12.4. The number of hydrogen-bond donors (Lipinski definition) is 2. The fourth-order valence-corrected chi connectivity index (χ4v) is 4.02. The van der Waals surface area contributed by atoms with Gasteiger partial charge in [0.1, 0.15) is 10.7 Å². The highest BCUT2D eigenvalue weighted by molar-refractivity contribution is 7.10. The van der Waals surface area contributed by atoms with Crippen molar-refractivity contribution in [2.24, 2.45) is 11.8 Å². The Morgan fingerprint density at radius 1 is 1.28 bits per heavy atom. The summed E-state index contributed by atoms with van der Waals surface area (Å²) in [6.45, 7) is 2.10. The van der Waals surface area contributed by atoms with Crippen LogP contribution in [-0.4, -0.2) is 27.1 Å². The van der Waals surface area contributed by atoms with Gasteiger partial charge in [-0.1, -0.05) is 17.3 Å². The molecule has 2 fully saturated rings. The van der Waals surface area contributed by atoms with Crippen molar-refractivity contribution >= 4 is 16.5 Å². The molecule has 3 N–H and O–H groups in total. The first-order valence-corrected chi connectivity index (χ1v) is 7.67. The molecular formula is C12H21N5S. The maximum Gasteiger partial charge on any atom is 0.148 e. The van der Waals surface area contributed by atoms with Gasteiger partial charge in [0.05, 0.1) is 0 Å². The Balaban J connectivity index is 1.71. The summed E-state index contributed by atoms with van der Waals surface area (Å²) in [5, 5.41) is 5.11. The van der Waals surface area contributed by atoms with Crippen molar-refractivity contribution in [3.63, 3.8) is 0 Å². The first-order valence-electron chi connectivity index (χ1n) is 6.90. The molecule has 1 saturated heterocycles. The van der Waals surface area contributed by atoms with E-state index in [1.807, 2.05) is 0 Å². The van der Waals surface area contributed by atoms with E-state index in [2.05, 4.69) is 19.9 Å². The summed E-state index contributed by atoms with van der Waals surface area (Å²) in [5.74, 6) is 6.40. The average Bonchev–Trinajstić information content (AvgIpc) is 2.86. The maximum absolute atomic E-state index is 5.49. The maximum atomic E-state index is 5.49. The summed E-state index contributed by atoms with van der Waals surface area (Å²) >= 11 is 1.34. The Hall–Kier alpha value is -0.720. The number of hydrazine groups is 1. The van der Waals surface area contributed by atoms with Crippen LogP contribution in [0.5, 0.6) is 0 Å². The topological polar surface area (TPSA) is 67.1 Å². The summed E-state index contributed by atoms with van der Waals surface area (Å²) in [6.07, 6.45) is 8.31. The van der Waals surface area contributed by atoms with Gasteiger partial charge in [0.15, 0.2) is 0 Å². The van der Waals surface area contributed by atoms with Crippen molar-refractivity contribution in [3.05, 3.63) is 5.69 Å². The lowest BCUT2D eigenvalue weighted by atomic mass is 9.78. The molecule has 5 nitrogen and oxygen atoms in total. The number of nitrogens with zero attached hydrogens (tertiary/aromatic N) is 3. The number of nitrogens with one attached hydrogen (secondary N) is 1. The number of nitrogens with two attached hydrogens (primary N) is 1. The second-order valence-corrected chi connectivity index (χ2v) is 6.17. The van der Waals surface area contributed by atoms with E-state index in [1.54, 1.807) is 0 Å². The third kappa shape index (κ3) is 2.37. The monoisotopic (exact) mass is 267 g/mol. The predicted octanol–water partition coefficient (Wildman–Crippen LogP) is 1.98. The minimum absolute atomic E-state index is 0.764. The van der Waals surface area contributed by atoms with Crippen LogP contribution in [0.25, 0.3) is 0 Å². The van der Waals surface area contributed by atoms with Gasteiger partial charge >= 0.3 is 0 Å². The largest absolute Gasteiger partial charge is 0.313 e. The van der Waals surface area contributed by atoms with Crippen LogP contribution in [0.15, 0.2) is 0 Å². The van der Waals surface area contributed by atoms with Crippen LogP contribution < -0.4 is 11.3 Å². The number of fused-ring (bicyclic) bond motifs is 1. The molecule has 18 heavy (non-hydrogen) atoms. The molecule has 0 radical (unpaired) electrons. The third-order valence-electron chi connectivity index (χ3n) is 4.40. The molecule has 0 unspecified atom stereocenters. The minimum Gasteiger partial charge on any atom is -0.313 e. The molecule has 1 aliphatic carbocycles. The highest BCUT2D eigenvalue weighted by Gasteiger charge is 2.33. The Morgan fingerprint density at radius 2 is 2.11 bits per heavy atom. The molecule has 1 aromatic rings. The summed E-state index contributed by atoms with van der Waals surface area (Å²) in [7, 11) is 0. The lowest BCUT2D eigenvalue weighted by Crippen LogP contribution is -2.46. The zero-order valence-corrected chi connectivity index (χ0v) is 11.5. The summed E-state index contributed by atoms with van der Waals surface area (Å²) in [5.41, 5.74) is 3.71. The predicted molar refractivity (Wildman–Crippen MR) is 73.1 cm³/mol. The van der Waals surface area contributed by atoms with Gasteiger partial charge < -0.3 is 5.43 Å². The first kappa shape index (κ1) is 12.3. The van der Waals surface area contributed by atoms with Crippen molar-refractivity contribution in [2.75, 3.05) is 12.0 Å². The molecule has 1 aromatic heterocycles. The molecule has 0 spiro atoms. The molecule has 1 saturated carbocycles. The van der Waals surface area contributed by atoms with Crippen LogP contribution in [0.4, 0.5) is 5.00 Å². The first-order chi connectivity index (χ1) is 8.88. The van der Waals surface area contributed by atoms with Crippen molar-refractivity contribution in [1.29, 1.82) is 0 Å². The van der Waals surface area contributed by atoms with Crippen molar-refractivity contribution in [1.82, 2.24) is 14.5 Å². The number of piperidine rings is 1. The van der Waals surface area contributed by atoms with E-state index in [0.29, 0.717) is 0 Å². The molecule has 6 heteroatoms. The highest BCUT2D eigenvalue weighted by Crippen LogP contribution is 2.36. The summed E-state index contributed by atoms with van der Waals surface area (Å²) < 4.78 is 3.98. The standard InChI is InChI=1S/C12H21N5S/c13-14-12-10(15-16-18-12)8-17-7-3-5-9-4-1-2-6-11(9)17/h9,11,14H,1-8,13H2/t9-,11-/m1/s1. The van der Waals surface area contributed by atoms with Crippen molar-refractivity contribution in [2.45, 2.75) is 51.1 Å². The van der Waals surface area contributed by atoms with Gasteiger partial charge in [-0.15, -0.1) is 5.10 Å². The normalized spacial score (nSPS) is 28.9. The van der Waals surface area contributed by atoms with Crippen LogP contribution in [-0.2, 0) is 6.54 Å². The highest BCUT2D eigenvalue weighted by atomic mass is 32.1. The molecule has 2 atom stereocenters. The Bertz CT molecular complexity index is 392. The Kier molecular flexibility index (Phi) is 3.77. The molecule has 0 bridgehead atoms. The second kappa shape index (κ2) is 5.50. The quantitative estimate of drug-likeness (QED) is 0.647. The van der Waals surface area contributed by atoms with Crippen LogP contribution in [0, 0.1) is 5.92 Å². The van der Waals surface area contributed by atoms with Crippen LogP contribution >= 0.6 is 11.5 Å². The molecule has 0 amide bonds. The lowest BCUT2D eigenvalue weighted by Gasteiger charge is -2.43. The van der Waals surface area contributed by atoms with Gasteiger partial charge in [0, 0.05) is 24.1 Å². The van der Waals surface area contributed by atoms with Gasteiger partial charge in [0.2, 0.25) is 0 Å². The Labute approximate surface area is 112 Å². The van der Waals surface area contributed by atoms with Gasteiger partial charge in [-0.3, -0.25) is 4.90 Å². The van der Waals surface area contributed by atoms with Crippen LogP contribution in [0.3, 0.4) is 0 Å². The molecular weight excluding hydrogens is 246 g/mol. The van der Waals surface area contributed by atoms with Crippen LogP contribution in [0.2, 0.25) is 0 Å². The average molecular weight is 267 g/mol. The van der Waals surface area contributed by atoms with E-state index in [1.165, 1.54) is 56.6 Å². The number of anilines is 1. The van der Waals surface area contributed by atoms with Gasteiger partial charge in [0.25, 0.3) is 0 Å². The molecule has 2 heterocycles. The lowest BCUT2D eigenvalue weighted by molar-refractivity contribution is 0.0539. The van der Waals surface area contributed by atoms with E-state index in [0.717, 1.165) is 29.2 Å². The molecule has 0 aromatic carbocycles. The zero-order valence-electron chi connectivity index (χ0n) is 10.6. The number of nitrogen functional groups attached to an aromatic ring is 1. The number of rotatable bonds is 3. The van der Waals surface area contributed by atoms with E-state index >= 15 is 0 Å². The molecule has 3 rings (SSSR count). The molecule has 1 aliphatic heterocycles. The van der Waals surface area contributed by atoms with Crippen LogP contribution in [0.1, 0.15) is 44.2 Å². The fourth-order valence-electron chi connectivity index (χ4n) is 3.54. The van der Waals surface area contributed by atoms with Crippen molar-refractivity contribution < 1.29 is 0 Å². The fraction of sp³-hybridized carbons (Fsp3) is 0.833. The number of hydrogen-bond acceptors (Lipinski definition) is 6. The smallest absolute Gasteiger partial charge is 0.148 e. The minimum atomic E-state index is 0.764. The summed E-state index contributed by atoms with van der Waals surface area (Å²) in [6, 6.07) is 0.764. The van der Waals surface area contributed by atoms with Gasteiger partial charge in [-0.25, -0.2) is 5.84 Å². The number of likely N-dealkylation sites (tertiary alicyclic amines) is 1. The summed E-state index contributed by atoms with van der Waals surface area (Å²) in [4.78, 5) is 2.60. The second-order valence-electron chi connectivity index (χ2n) is 5.42.